The normalized spacial score (nSPS) is 15.8. The molecule has 3 atom stereocenters. The summed E-state index contributed by atoms with van der Waals surface area (Å²) in [5.74, 6) is 0. The molecule has 0 spiro atoms. The fourth-order valence-corrected chi connectivity index (χ4v) is 2.30. The molecule has 4 nitrogen and oxygen atoms in total. The van der Waals surface area contributed by atoms with E-state index in [1.54, 1.807) is 4.68 Å². The van der Waals surface area contributed by atoms with Crippen LogP contribution < -0.4 is 5.32 Å². The lowest BCUT2D eigenvalue weighted by Gasteiger charge is -2.24. The van der Waals surface area contributed by atoms with E-state index in [9.17, 15) is 5.11 Å². The van der Waals surface area contributed by atoms with E-state index in [0.29, 0.717) is 6.42 Å². The van der Waals surface area contributed by atoms with Gasteiger partial charge in [-0.3, -0.25) is 4.68 Å². The van der Waals surface area contributed by atoms with Gasteiger partial charge in [0.05, 0.1) is 12.3 Å². The van der Waals surface area contributed by atoms with Gasteiger partial charge >= 0.3 is 0 Å². The number of aliphatic hydroxyl groups is 1. The number of nitrogens with one attached hydrogen (secondary N) is 1. The molecule has 1 aromatic carbocycles. The summed E-state index contributed by atoms with van der Waals surface area (Å²) in [4.78, 5) is 0. The zero-order chi connectivity index (χ0) is 14.5. The number of rotatable bonds is 6. The van der Waals surface area contributed by atoms with Gasteiger partial charge in [0.15, 0.2) is 0 Å². The Bertz CT molecular complexity index is 524. The van der Waals surface area contributed by atoms with Crippen molar-refractivity contribution in [2.45, 2.75) is 38.5 Å². The lowest BCUT2D eigenvalue weighted by atomic mass is 10.0. The highest BCUT2D eigenvalue weighted by molar-refractivity contribution is 5.16. The third-order valence-corrected chi connectivity index (χ3v) is 3.60. The predicted molar refractivity (Wildman–Crippen MR) is 80.4 cm³/mol. The molecule has 0 aliphatic carbocycles. The van der Waals surface area contributed by atoms with Crippen LogP contribution in [-0.4, -0.2) is 27.0 Å². The summed E-state index contributed by atoms with van der Waals surface area (Å²) < 4.78 is 1.79. The topological polar surface area (TPSA) is 50.1 Å². The standard InChI is InChI=1S/C16H23N3O/c1-12(15-10-17-19(3)11-15)18-13(2)16(20)9-14-7-5-4-6-8-14/h4-8,10-13,16,18,20H,9H2,1-3H3/t12-,13+,16-/m0/s1. The second kappa shape index (κ2) is 6.68. The van der Waals surface area contributed by atoms with Crippen molar-refractivity contribution in [3.8, 4) is 0 Å². The van der Waals surface area contributed by atoms with Crippen molar-refractivity contribution in [1.82, 2.24) is 15.1 Å². The molecule has 0 aliphatic heterocycles. The van der Waals surface area contributed by atoms with Gasteiger partial charge in [-0.15, -0.1) is 0 Å². The number of nitrogens with zero attached hydrogens (tertiary/aromatic N) is 2. The van der Waals surface area contributed by atoms with Gasteiger partial charge < -0.3 is 10.4 Å². The molecule has 20 heavy (non-hydrogen) atoms. The van der Waals surface area contributed by atoms with Gasteiger partial charge in [0.1, 0.15) is 0 Å². The molecule has 108 valence electrons. The minimum atomic E-state index is -0.406. The molecule has 1 aromatic heterocycles. The van der Waals surface area contributed by atoms with E-state index in [-0.39, 0.29) is 12.1 Å². The lowest BCUT2D eigenvalue weighted by Crippen LogP contribution is -2.39. The maximum atomic E-state index is 10.3. The Kier molecular flexibility index (Phi) is 4.93. The van der Waals surface area contributed by atoms with Crippen LogP contribution in [0.15, 0.2) is 42.7 Å². The Morgan fingerprint density at radius 3 is 2.55 bits per heavy atom. The van der Waals surface area contributed by atoms with Gasteiger partial charge in [-0.1, -0.05) is 30.3 Å². The van der Waals surface area contributed by atoms with Crippen molar-refractivity contribution in [2.24, 2.45) is 7.05 Å². The van der Waals surface area contributed by atoms with Crippen LogP contribution >= 0.6 is 0 Å². The zero-order valence-corrected chi connectivity index (χ0v) is 12.3. The van der Waals surface area contributed by atoms with E-state index in [4.69, 9.17) is 0 Å². The molecule has 1 heterocycles. The number of aliphatic hydroxyl groups excluding tert-OH is 1. The summed E-state index contributed by atoms with van der Waals surface area (Å²) in [7, 11) is 1.91. The first-order chi connectivity index (χ1) is 9.56. The van der Waals surface area contributed by atoms with Crippen LogP contribution in [0.25, 0.3) is 0 Å². The molecule has 0 bridgehead atoms. The molecule has 0 aliphatic rings. The molecule has 0 saturated carbocycles. The largest absolute Gasteiger partial charge is 0.391 e. The first-order valence-electron chi connectivity index (χ1n) is 7.03. The van der Waals surface area contributed by atoms with Crippen LogP contribution in [0.1, 0.15) is 31.0 Å². The first kappa shape index (κ1) is 14.8. The zero-order valence-electron chi connectivity index (χ0n) is 12.3. The average molecular weight is 273 g/mol. The third-order valence-electron chi connectivity index (χ3n) is 3.60. The summed E-state index contributed by atoms with van der Waals surface area (Å²) in [6.45, 7) is 4.10. The molecule has 2 aromatic rings. The summed E-state index contributed by atoms with van der Waals surface area (Å²) in [5, 5.41) is 17.9. The molecular weight excluding hydrogens is 250 g/mol. The average Bonchev–Trinajstić information content (AvgIpc) is 2.86. The van der Waals surface area contributed by atoms with Gasteiger partial charge in [-0.2, -0.15) is 5.10 Å². The van der Waals surface area contributed by atoms with Crippen molar-refractivity contribution < 1.29 is 5.11 Å². The smallest absolute Gasteiger partial charge is 0.0730 e. The molecular formula is C16H23N3O. The summed E-state index contributed by atoms with van der Waals surface area (Å²) in [6.07, 6.45) is 4.10. The van der Waals surface area contributed by atoms with Crippen LogP contribution in [-0.2, 0) is 13.5 Å². The first-order valence-corrected chi connectivity index (χ1v) is 7.03. The van der Waals surface area contributed by atoms with Crippen LogP contribution in [0.5, 0.6) is 0 Å². The third kappa shape index (κ3) is 3.92. The van der Waals surface area contributed by atoms with Gasteiger partial charge in [0, 0.05) is 30.9 Å². The van der Waals surface area contributed by atoms with E-state index in [1.807, 2.05) is 56.7 Å². The number of hydrogen-bond acceptors (Lipinski definition) is 3. The van der Waals surface area contributed by atoms with E-state index >= 15 is 0 Å². The monoisotopic (exact) mass is 273 g/mol. The van der Waals surface area contributed by atoms with Crippen molar-refractivity contribution in [3.05, 3.63) is 53.9 Å². The highest BCUT2D eigenvalue weighted by Gasteiger charge is 2.18. The van der Waals surface area contributed by atoms with E-state index in [0.717, 1.165) is 11.1 Å². The highest BCUT2D eigenvalue weighted by atomic mass is 16.3. The van der Waals surface area contributed by atoms with Crippen LogP contribution in [0, 0.1) is 0 Å². The molecule has 2 N–H and O–H groups in total. The second-order valence-electron chi connectivity index (χ2n) is 5.38. The molecule has 0 saturated heterocycles. The maximum absolute atomic E-state index is 10.3. The van der Waals surface area contributed by atoms with Gasteiger partial charge in [0.25, 0.3) is 0 Å². The Morgan fingerprint density at radius 2 is 1.95 bits per heavy atom. The molecule has 0 radical (unpaired) electrons. The maximum Gasteiger partial charge on any atom is 0.0730 e. The number of aromatic nitrogens is 2. The number of aryl methyl sites for hydroxylation is 1. The van der Waals surface area contributed by atoms with Crippen LogP contribution in [0.4, 0.5) is 0 Å². The summed E-state index contributed by atoms with van der Waals surface area (Å²) in [5.41, 5.74) is 2.29. The number of benzene rings is 1. The van der Waals surface area contributed by atoms with E-state index in [2.05, 4.69) is 17.3 Å². The highest BCUT2D eigenvalue weighted by Crippen LogP contribution is 2.13. The lowest BCUT2D eigenvalue weighted by molar-refractivity contribution is 0.129. The fourth-order valence-electron chi connectivity index (χ4n) is 2.30. The van der Waals surface area contributed by atoms with Crippen molar-refractivity contribution in [2.75, 3.05) is 0 Å². The molecule has 0 fully saturated rings. The SMILES string of the molecule is C[C@H](N[C@H](C)[C@@H](O)Cc1ccccc1)c1cnn(C)c1. The minimum absolute atomic E-state index is 0.0189. The van der Waals surface area contributed by atoms with Crippen LogP contribution in [0.3, 0.4) is 0 Å². The fraction of sp³-hybridized carbons (Fsp3) is 0.438. The Hall–Kier alpha value is -1.65. The molecule has 0 amide bonds. The van der Waals surface area contributed by atoms with Gasteiger partial charge in [-0.25, -0.2) is 0 Å². The molecule has 2 rings (SSSR count). The Labute approximate surface area is 120 Å². The Balaban J connectivity index is 1.89. The quantitative estimate of drug-likeness (QED) is 0.847. The van der Waals surface area contributed by atoms with Crippen molar-refractivity contribution in [1.29, 1.82) is 0 Å². The number of hydrogen-bond donors (Lipinski definition) is 2. The second-order valence-corrected chi connectivity index (χ2v) is 5.38. The van der Waals surface area contributed by atoms with Crippen LogP contribution in [0.2, 0.25) is 0 Å². The predicted octanol–water partition coefficient (Wildman–Crippen LogP) is 2.06. The summed E-state index contributed by atoms with van der Waals surface area (Å²) >= 11 is 0. The van der Waals surface area contributed by atoms with E-state index < -0.39 is 6.10 Å². The van der Waals surface area contributed by atoms with Crippen molar-refractivity contribution >= 4 is 0 Å². The van der Waals surface area contributed by atoms with Crippen molar-refractivity contribution in [3.63, 3.8) is 0 Å². The molecule has 4 heteroatoms. The molecule has 0 unspecified atom stereocenters. The Morgan fingerprint density at radius 1 is 1.25 bits per heavy atom. The minimum Gasteiger partial charge on any atom is -0.391 e. The summed E-state index contributed by atoms with van der Waals surface area (Å²) in [6, 6.07) is 10.3. The van der Waals surface area contributed by atoms with E-state index in [1.165, 1.54) is 0 Å². The van der Waals surface area contributed by atoms with Gasteiger partial charge in [-0.05, 0) is 25.8 Å². The van der Waals surface area contributed by atoms with Gasteiger partial charge in [0.2, 0.25) is 0 Å².